The first kappa shape index (κ1) is 15.9. The van der Waals surface area contributed by atoms with Crippen LogP contribution in [-0.4, -0.2) is 39.3 Å². The monoisotopic (exact) mass is 313 g/mol. The smallest absolute Gasteiger partial charge is 0.337 e. The van der Waals surface area contributed by atoms with Crippen LogP contribution in [-0.2, 0) is 14.8 Å². The van der Waals surface area contributed by atoms with Crippen LogP contribution in [0.5, 0.6) is 0 Å². The lowest BCUT2D eigenvalue weighted by Gasteiger charge is -2.19. The molecule has 1 fully saturated rings. The molecule has 1 aliphatic carbocycles. The van der Waals surface area contributed by atoms with Crippen molar-refractivity contribution in [1.29, 1.82) is 0 Å². The molecule has 7 heteroatoms. The highest BCUT2D eigenvalue weighted by molar-refractivity contribution is 7.89. The number of rotatable bonds is 5. The number of aliphatic hydroxyl groups is 1. The van der Waals surface area contributed by atoms with Gasteiger partial charge in [0.15, 0.2) is 0 Å². The highest BCUT2D eigenvalue weighted by atomic mass is 32.2. The van der Waals surface area contributed by atoms with Crippen LogP contribution < -0.4 is 4.72 Å². The Bertz CT molecular complexity index is 614. The molecule has 1 saturated carbocycles. The second-order valence-corrected chi connectivity index (χ2v) is 6.83. The average molecular weight is 313 g/mol. The van der Waals surface area contributed by atoms with Crippen molar-refractivity contribution in [2.24, 2.45) is 5.92 Å². The van der Waals surface area contributed by atoms with Crippen molar-refractivity contribution in [3.8, 4) is 0 Å². The number of ether oxygens (including phenoxy) is 1. The largest absolute Gasteiger partial charge is 0.465 e. The van der Waals surface area contributed by atoms with E-state index in [-0.39, 0.29) is 29.0 Å². The lowest BCUT2D eigenvalue weighted by atomic mass is 10.1. The molecule has 0 spiro atoms. The van der Waals surface area contributed by atoms with Crippen LogP contribution in [0.2, 0.25) is 0 Å². The summed E-state index contributed by atoms with van der Waals surface area (Å²) >= 11 is 0. The highest BCUT2D eigenvalue weighted by Gasteiger charge is 2.30. The summed E-state index contributed by atoms with van der Waals surface area (Å²) in [7, 11) is -2.48. The SMILES string of the molecule is COC(=O)c1cccc(S(=O)(=O)NC2CCCC2CO)c1. The van der Waals surface area contributed by atoms with E-state index < -0.39 is 16.0 Å². The van der Waals surface area contributed by atoms with Crippen LogP contribution >= 0.6 is 0 Å². The number of sulfonamides is 1. The van der Waals surface area contributed by atoms with Crippen molar-refractivity contribution >= 4 is 16.0 Å². The summed E-state index contributed by atoms with van der Waals surface area (Å²) in [5.41, 5.74) is 0.186. The molecule has 2 unspecified atom stereocenters. The van der Waals surface area contributed by atoms with Gasteiger partial charge in [0.1, 0.15) is 0 Å². The van der Waals surface area contributed by atoms with E-state index in [0.717, 1.165) is 12.8 Å². The molecule has 0 aromatic heterocycles. The number of esters is 1. The zero-order valence-electron chi connectivity index (χ0n) is 11.8. The third-order valence-electron chi connectivity index (χ3n) is 3.77. The summed E-state index contributed by atoms with van der Waals surface area (Å²) in [5.74, 6) is -0.635. The molecule has 0 bridgehead atoms. The topological polar surface area (TPSA) is 92.7 Å². The Morgan fingerprint density at radius 1 is 1.43 bits per heavy atom. The van der Waals surface area contributed by atoms with Crippen molar-refractivity contribution in [2.45, 2.75) is 30.2 Å². The van der Waals surface area contributed by atoms with Gasteiger partial charge in [-0.05, 0) is 37.0 Å². The number of hydrogen-bond donors (Lipinski definition) is 2. The number of methoxy groups -OCH3 is 1. The van der Waals surface area contributed by atoms with E-state index in [4.69, 9.17) is 0 Å². The number of benzene rings is 1. The van der Waals surface area contributed by atoms with E-state index in [2.05, 4.69) is 9.46 Å². The van der Waals surface area contributed by atoms with E-state index in [9.17, 15) is 18.3 Å². The summed E-state index contributed by atoms with van der Waals surface area (Å²) in [4.78, 5) is 11.5. The Hall–Kier alpha value is -1.44. The fourth-order valence-corrected chi connectivity index (χ4v) is 3.97. The predicted molar refractivity (Wildman–Crippen MR) is 76.3 cm³/mol. The summed E-state index contributed by atoms with van der Waals surface area (Å²) in [6, 6.07) is 5.45. The van der Waals surface area contributed by atoms with Gasteiger partial charge in [-0.25, -0.2) is 17.9 Å². The molecule has 116 valence electrons. The third-order valence-corrected chi connectivity index (χ3v) is 5.25. The zero-order chi connectivity index (χ0) is 15.5. The molecule has 1 aromatic carbocycles. The fraction of sp³-hybridized carbons (Fsp3) is 0.500. The fourth-order valence-electron chi connectivity index (χ4n) is 2.59. The van der Waals surface area contributed by atoms with Crippen LogP contribution in [0.1, 0.15) is 29.6 Å². The van der Waals surface area contributed by atoms with Crippen LogP contribution in [0, 0.1) is 5.92 Å². The molecule has 0 heterocycles. The Labute approximate surface area is 124 Å². The van der Waals surface area contributed by atoms with Gasteiger partial charge in [0, 0.05) is 12.6 Å². The van der Waals surface area contributed by atoms with Gasteiger partial charge in [-0.3, -0.25) is 0 Å². The highest BCUT2D eigenvalue weighted by Crippen LogP contribution is 2.26. The van der Waals surface area contributed by atoms with Gasteiger partial charge >= 0.3 is 5.97 Å². The first-order valence-corrected chi connectivity index (χ1v) is 8.28. The maximum atomic E-state index is 12.4. The van der Waals surface area contributed by atoms with Gasteiger partial charge in [0.05, 0.1) is 17.6 Å². The number of nitrogens with one attached hydrogen (secondary N) is 1. The minimum atomic E-state index is -3.72. The molecule has 1 aliphatic rings. The second kappa shape index (κ2) is 6.55. The Morgan fingerprint density at radius 2 is 2.19 bits per heavy atom. The minimum absolute atomic E-state index is 0.0222. The van der Waals surface area contributed by atoms with Crippen molar-refractivity contribution < 1.29 is 23.1 Å². The minimum Gasteiger partial charge on any atom is -0.465 e. The first-order chi connectivity index (χ1) is 9.97. The van der Waals surface area contributed by atoms with Crippen molar-refractivity contribution in [1.82, 2.24) is 4.72 Å². The Balaban J connectivity index is 2.21. The lowest BCUT2D eigenvalue weighted by molar-refractivity contribution is 0.0600. The molecule has 2 rings (SSSR count). The van der Waals surface area contributed by atoms with E-state index in [0.29, 0.717) is 6.42 Å². The van der Waals surface area contributed by atoms with E-state index in [1.807, 2.05) is 0 Å². The number of carbonyl (C=O) groups excluding carboxylic acids is 1. The van der Waals surface area contributed by atoms with Crippen LogP contribution in [0.3, 0.4) is 0 Å². The van der Waals surface area contributed by atoms with Gasteiger partial charge in [0.2, 0.25) is 10.0 Å². The van der Waals surface area contributed by atoms with Crippen molar-refractivity contribution in [2.75, 3.05) is 13.7 Å². The van der Waals surface area contributed by atoms with Gasteiger partial charge in [0.25, 0.3) is 0 Å². The average Bonchev–Trinajstić information content (AvgIpc) is 2.93. The zero-order valence-corrected chi connectivity index (χ0v) is 12.6. The van der Waals surface area contributed by atoms with Crippen LogP contribution in [0.25, 0.3) is 0 Å². The van der Waals surface area contributed by atoms with Gasteiger partial charge in [-0.1, -0.05) is 12.5 Å². The maximum Gasteiger partial charge on any atom is 0.337 e. The number of hydrogen-bond acceptors (Lipinski definition) is 5. The molecule has 0 saturated heterocycles. The number of carbonyl (C=O) groups is 1. The second-order valence-electron chi connectivity index (χ2n) is 5.12. The lowest BCUT2D eigenvalue weighted by Crippen LogP contribution is -2.38. The first-order valence-electron chi connectivity index (χ1n) is 6.79. The quantitative estimate of drug-likeness (QED) is 0.788. The maximum absolute atomic E-state index is 12.4. The standard InChI is InChI=1S/C14H19NO5S/c1-20-14(17)10-4-2-6-12(8-10)21(18,19)15-13-7-3-5-11(13)9-16/h2,4,6,8,11,13,15-16H,3,5,7,9H2,1H3. The summed E-state index contributed by atoms with van der Waals surface area (Å²) in [6.07, 6.45) is 2.41. The molecular weight excluding hydrogens is 294 g/mol. The summed E-state index contributed by atoms with van der Waals surface area (Å²) in [6.45, 7) is -0.0324. The predicted octanol–water partition coefficient (Wildman–Crippen LogP) is 0.912. The normalized spacial score (nSPS) is 22.2. The molecule has 0 radical (unpaired) electrons. The van der Waals surface area contributed by atoms with Crippen molar-refractivity contribution in [3.63, 3.8) is 0 Å². The van der Waals surface area contributed by atoms with Crippen LogP contribution in [0.15, 0.2) is 29.2 Å². The van der Waals surface area contributed by atoms with E-state index >= 15 is 0 Å². The van der Waals surface area contributed by atoms with Crippen molar-refractivity contribution in [3.05, 3.63) is 29.8 Å². The van der Waals surface area contributed by atoms with E-state index in [1.165, 1.54) is 31.4 Å². The molecule has 21 heavy (non-hydrogen) atoms. The third kappa shape index (κ3) is 3.61. The van der Waals surface area contributed by atoms with E-state index in [1.54, 1.807) is 0 Å². The Morgan fingerprint density at radius 3 is 2.86 bits per heavy atom. The van der Waals surface area contributed by atoms with Gasteiger partial charge in [-0.2, -0.15) is 0 Å². The van der Waals surface area contributed by atoms with Crippen LogP contribution in [0.4, 0.5) is 0 Å². The molecule has 1 aromatic rings. The molecule has 0 amide bonds. The molecular formula is C14H19NO5S. The summed E-state index contributed by atoms with van der Waals surface area (Å²) in [5, 5.41) is 9.26. The molecule has 2 atom stereocenters. The van der Waals surface area contributed by atoms with Gasteiger partial charge < -0.3 is 9.84 Å². The molecule has 2 N–H and O–H groups in total. The van der Waals surface area contributed by atoms with Gasteiger partial charge in [-0.15, -0.1) is 0 Å². The molecule has 6 nitrogen and oxygen atoms in total. The Kier molecular flexibility index (Phi) is 4.97. The molecule has 0 aliphatic heterocycles. The number of aliphatic hydroxyl groups excluding tert-OH is 1. The summed E-state index contributed by atoms with van der Waals surface area (Å²) < 4.78 is 31.9.